The van der Waals surface area contributed by atoms with Crippen molar-refractivity contribution in [2.45, 2.75) is 6.92 Å². The monoisotopic (exact) mass is 236 g/mol. The van der Waals surface area contributed by atoms with Crippen molar-refractivity contribution in [2.75, 3.05) is 11.9 Å². The van der Waals surface area contributed by atoms with Gasteiger partial charge in [-0.2, -0.15) is 0 Å². The van der Waals surface area contributed by atoms with Gasteiger partial charge in [-0.3, -0.25) is 14.9 Å². The van der Waals surface area contributed by atoms with Crippen molar-refractivity contribution in [2.24, 2.45) is 0 Å². The molecule has 1 rings (SSSR count). The van der Waals surface area contributed by atoms with E-state index >= 15 is 0 Å². The average Bonchev–Trinajstić information content (AvgIpc) is 2.26. The van der Waals surface area contributed by atoms with Crippen molar-refractivity contribution >= 4 is 17.3 Å². The van der Waals surface area contributed by atoms with Crippen LogP contribution in [0.3, 0.4) is 0 Å². The number of ether oxygens (including phenoxy) is 1. The number of hydrogen-bond acceptors (Lipinski definition) is 4. The molecule has 0 aromatic heterocycles. The maximum atomic E-state index is 10.9. The van der Waals surface area contributed by atoms with E-state index in [1.54, 1.807) is 6.07 Å². The molecule has 0 aliphatic rings. The summed E-state index contributed by atoms with van der Waals surface area (Å²) in [6.07, 6.45) is 1.54. The van der Waals surface area contributed by atoms with E-state index < -0.39 is 4.92 Å². The van der Waals surface area contributed by atoms with Gasteiger partial charge in [-0.05, 0) is 12.1 Å². The second-order valence-electron chi connectivity index (χ2n) is 3.22. The third-order valence-electron chi connectivity index (χ3n) is 1.84. The molecule has 0 spiro atoms. The van der Waals surface area contributed by atoms with E-state index in [-0.39, 0.29) is 23.9 Å². The minimum Gasteiger partial charge on any atom is -0.489 e. The number of rotatable bonds is 5. The molecule has 90 valence electrons. The number of hydrogen-bond donors (Lipinski definition) is 1. The van der Waals surface area contributed by atoms with Crippen LogP contribution in [0.1, 0.15) is 6.92 Å². The third-order valence-corrected chi connectivity index (χ3v) is 1.84. The van der Waals surface area contributed by atoms with Gasteiger partial charge in [0.15, 0.2) is 0 Å². The predicted molar refractivity (Wildman–Crippen MR) is 63.1 cm³/mol. The summed E-state index contributed by atoms with van der Waals surface area (Å²) in [5, 5.41) is 13.2. The fraction of sp³-hybridized carbons (Fsp3) is 0.182. The van der Waals surface area contributed by atoms with Crippen LogP contribution in [0.4, 0.5) is 11.4 Å². The highest BCUT2D eigenvalue weighted by molar-refractivity contribution is 5.91. The van der Waals surface area contributed by atoms with Gasteiger partial charge in [-0.25, -0.2) is 0 Å². The average molecular weight is 236 g/mol. The van der Waals surface area contributed by atoms with Gasteiger partial charge in [-0.1, -0.05) is 12.7 Å². The van der Waals surface area contributed by atoms with Gasteiger partial charge in [0.05, 0.1) is 11.0 Å². The first-order valence-corrected chi connectivity index (χ1v) is 4.84. The van der Waals surface area contributed by atoms with Gasteiger partial charge in [0.2, 0.25) is 5.91 Å². The van der Waals surface area contributed by atoms with Gasteiger partial charge in [0.25, 0.3) is 5.69 Å². The summed E-state index contributed by atoms with van der Waals surface area (Å²) in [6, 6.07) is 4.23. The third kappa shape index (κ3) is 3.60. The smallest absolute Gasteiger partial charge is 0.296 e. The summed E-state index contributed by atoms with van der Waals surface area (Å²) in [6.45, 7) is 5.02. The van der Waals surface area contributed by atoms with Crippen molar-refractivity contribution < 1.29 is 14.5 Å². The normalized spacial score (nSPS) is 9.47. The molecular weight excluding hydrogens is 224 g/mol. The number of carbonyl (C=O) groups is 1. The lowest BCUT2D eigenvalue weighted by atomic mass is 10.2. The zero-order chi connectivity index (χ0) is 12.8. The molecule has 17 heavy (non-hydrogen) atoms. The van der Waals surface area contributed by atoms with E-state index in [1.807, 2.05) is 0 Å². The highest BCUT2D eigenvalue weighted by Crippen LogP contribution is 2.28. The molecule has 0 fully saturated rings. The van der Waals surface area contributed by atoms with Gasteiger partial charge < -0.3 is 10.1 Å². The SMILES string of the molecule is C=CCOc1ccc(NC(C)=O)c([N+](=O)[O-])c1. The van der Waals surface area contributed by atoms with Crippen LogP contribution < -0.4 is 10.1 Å². The summed E-state index contributed by atoms with van der Waals surface area (Å²) in [5.41, 5.74) is -0.0600. The zero-order valence-corrected chi connectivity index (χ0v) is 9.30. The first-order chi connectivity index (χ1) is 8.04. The summed E-state index contributed by atoms with van der Waals surface area (Å²) in [5.74, 6) is -0.0152. The topological polar surface area (TPSA) is 81.5 Å². The van der Waals surface area contributed by atoms with Gasteiger partial charge >= 0.3 is 0 Å². The van der Waals surface area contributed by atoms with Crippen LogP contribution in [0.2, 0.25) is 0 Å². The molecule has 0 unspecified atom stereocenters. The maximum Gasteiger partial charge on any atom is 0.296 e. The second kappa shape index (κ2) is 5.64. The molecule has 1 aromatic carbocycles. The lowest BCUT2D eigenvalue weighted by Gasteiger charge is -2.06. The Kier molecular flexibility index (Phi) is 4.21. The van der Waals surface area contributed by atoms with E-state index in [9.17, 15) is 14.9 Å². The van der Waals surface area contributed by atoms with Crippen LogP contribution >= 0.6 is 0 Å². The Morgan fingerprint density at radius 3 is 2.88 bits per heavy atom. The number of nitrogens with zero attached hydrogens (tertiary/aromatic N) is 1. The molecule has 0 aliphatic heterocycles. The van der Waals surface area contributed by atoms with E-state index in [0.29, 0.717) is 5.75 Å². The molecule has 6 nitrogen and oxygen atoms in total. The fourth-order valence-corrected chi connectivity index (χ4v) is 1.20. The van der Waals surface area contributed by atoms with Crippen molar-refractivity contribution in [3.05, 3.63) is 41.0 Å². The lowest BCUT2D eigenvalue weighted by molar-refractivity contribution is -0.384. The Morgan fingerprint density at radius 1 is 1.65 bits per heavy atom. The molecule has 0 atom stereocenters. The molecular formula is C11H12N2O4. The molecule has 0 aliphatic carbocycles. The molecule has 1 N–H and O–H groups in total. The van der Waals surface area contributed by atoms with Crippen LogP contribution in [-0.4, -0.2) is 17.4 Å². The Bertz CT molecular complexity index is 457. The molecule has 0 bridgehead atoms. The standard InChI is InChI=1S/C11H12N2O4/c1-3-6-17-9-4-5-10(12-8(2)14)11(7-9)13(15)16/h3-5,7H,1,6H2,2H3,(H,12,14). The Hall–Kier alpha value is -2.37. The molecule has 0 radical (unpaired) electrons. The van der Waals surface area contributed by atoms with Gasteiger partial charge in [0.1, 0.15) is 18.0 Å². The molecule has 0 saturated heterocycles. The van der Waals surface area contributed by atoms with Crippen molar-refractivity contribution in [3.8, 4) is 5.75 Å². The first kappa shape index (κ1) is 12.7. The quantitative estimate of drug-likeness (QED) is 0.482. The number of benzene rings is 1. The van der Waals surface area contributed by atoms with E-state index in [1.165, 1.54) is 25.1 Å². The number of nitrogens with one attached hydrogen (secondary N) is 1. The second-order valence-corrected chi connectivity index (χ2v) is 3.22. The summed E-state index contributed by atoms with van der Waals surface area (Å²) >= 11 is 0. The van der Waals surface area contributed by atoms with Crippen molar-refractivity contribution in [1.29, 1.82) is 0 Å². The van der Waals surface area contributed by atoms with Crippen molar-refractivity contribution in [1.82, 2.24) is 0 Å². The van der Waals surface area contributed by atoms with Crippen molar-refractivity contribution in [3.63, 3.8) is 0 Å². The van der Waals surface area contributed by atoms with Crippen LogP contribution in [0.5, 0.6) is 5.75 Å². The molecule has 1 amide bonds. The highest BCUT2D eigenvalue weighted by Gasteiger charge is 2.15. The molecule has 0 heterocycles. The fourth-order valence-electron chi connectivity index (χ4n) is 1.20. The Morgan fingerprint density at radius 2 is 2.35 bits per heavy atom. The minimum atomic E-state index is -0.577. The van der Waals surface area contributed by atoms with Gasteiger partial charge in [-0.15, -0.1) is 0 Å². The minimum absolute atomic E-state index is 0.147. The number of nitro groups is 1. The van der Waals surface area contributed by atoms with Crippen LogP contribution in [0, 0.1) is 10.1 Å². The van der Waals surface area contributed by atoms with Crippen LogP contribution in [-0.2, 0) is 4.79 Å². The zero-order valence-electron chi connectivity index (χ0n) is 9.30. The largest absolute Gasteiger partial charge is 0.489 e. The van der Waals surface area contributed by atoms with Gasteiger partial charge in [0, 0.05) is 6.92 Å². The summed E-state index contributed by atoms with van der Waals surface area (Å²) in [4.78, 5) is 21.1. The van der Waals surface area contributed by atoms with E-state index in [0.717, 1.165) is 0 Å². The Balaban J connectivity index is 3.03. The van der Waals surface area contributed by atoms with E-state index in [4.69, 9.17) is 4.74 Å². The predicted octanol–water partition coefficient (Wildman–Crippen LogP) is 2.12. The van der Waals surface area contributed by atoms with E-state index in [2.05, 4.69) is 11.9 Å². The number of anilines is 1. The molecule has 6 heteroatoms. The molecule has 1 aromatic rings. The number of carbonyl (C=O) groups excluding carboxylic acids is 1. The lowest BCUT2D eigenvalue weighted by Crippen LogP contribution is -2.08. The summed E-state index contributed by atoms with van der Waals surface area (Å²) < 4.78 is 5.17. The maximum absolute atomic E-state index is 10.9. The van der Waals surface area contributed by atoms with Crippen LogP contribution in [0.25, 0.3) is 0 Å². The summed E-state index contributed by atoms with van der Waals surface area (Å²) in [7, 11) is 0. The highest BCUT2D eigenvalue weighted by atomic mass is 16.6. The Labute approximate surface area is 98.0 Å². The number of nitro benzene ring substituents is 1. The molecule has 0 saturated carbocycles. The van der Waals surface area contributed by atoms with Crippen LogP contribution in [0.15, 0.2) is 30.9 Å². The first-order valence-electron chi connectivity index (χ1n) is 4.84. The number of amides is 1.